The van der Waals surface area contributed by atoms with E-state index in [1.165, 1.54) is 0 Å². The number of carbonyl (C=O) groups is 1. The molecule has 0 aliphatic heterocycles. The SMILES string of the molecule is Cn1ccc(CNCC(O)C(N)=O)n1. The lowest BCUT2D eigenvalue weighted by molar-refractivity contribution is -0.125. The maximum Gasteiger partial charge on any atom is 0.247 e. The third-order valence-electron chi connectivity index (χ3n) is 1.74. The van der Waals surface area contributed by atoms with E-state index in [0.29, 0.717) is 6.54 Å². The Hall–Kier alpha value is -1.40. The lowest BCUT2D eigenvalue weighted by Gasteiger charge is -2.06. The number of nitrogens with two attached hydrogens (primary N) is 1. The predicted molar refractivity (Wildman–Crippen MR) is 50.1 cm³/mol. The molecule has 14 heavy (non-hydrogen) atoms. The van der Waals surface area contributed by atoms with Gasteiger partial charge in [0.25, 0.3) is 0 Å². The molecular weight excluding hydrogens is 184 g/mol. The van der Waals surface area contributed by atoms with Crippen molar-refractivity contribution in [3.05, 3.63) is 18.0 Å². The Labute approximate surface area is 81.7 Å². The molecule has 1 aromatic heterocycles. The van der Waals surface area contributed by atoms with Crippen LogP contribution in [0.4, 0.5) is 0 Å². The van der Waals surface area contributed by atoms with Crippen LogP contribution in [0.5, 0.6) is 0 Å². The van der Waals surface area contributed by atoms with Crippen molar-refractivity contribution in [2.45, 2.75) is 12.6 Å². The number of carbonyl (C=O) groups excluding carboxylic acids is 1. The van der Waals surface area contributed by atoms with Crippen LogP contribution >= 0.6 is 0 Å². The van der Waals surface area contributed by atoms with Crippen LogP contribution in [0.2, 0.25) is 0 Å². The summed E-state index contributed by atoms with van der Waals surface area (Å²) in [5, 5.41) is 16.0. The van der Waals surface area contributed by atoms with Gasteiger partial charge in [0.15, 0.2) is 0 Å². The Kier molecular flexibility index (Phi) is 3.61. The number of aryl methyl sites for hydroxylation is 1. The highest BCUT2D eigenvalue weighted by molar-refractivity contribution is 5.78. The van der Waals surface area contributed by atoms with Crippen LogP contribution in [0.25, 0.3) is 0 Å². The van der Waals surface area contributed by atoms with Crippen molar-refractivity contribution in [3.63, 3.8) is 0 Å². The highest BCUT2D eigenvalue weighted by atomic mass is 16.3. The maximum absolute atomic E-state index is 10.5. The first-order valence-electron chi connectivity index (χ1n) is 4.26. The summed E-state index contributed by atoms with van der Waals surface area (Å²) in [7, 11) is 1.82. The van der Waals surface area contributed by atoms with Gasteiger partial charge in [0.05, 0.1) is 5.69 Å². The summed E-state index contributed by atoms with van der Waals surface area (Å²) in [5.74, 6) is -0.724. The number of rotatable bonds is 5. The highest BCUT2D eigenvalue weighted by Crippen LogP contribution is 1.92. The second-order valence-corrected chi connectivity index (χ2v) is 3.03. The van der Waals surface area contributed by atoms with E-state index >= 15 is 0 Å². The fourth-order valence-electron chi connectivity index (χ4n) is 0.995. The van der Waals surface area contributed by atoms with Crippen molar-refractivity contribution in [2.75, 3.05) is 6.54 Å². The van der Waals surface area contributed by atoms with Crippen molar-refractivity contribution in [2.24, 2.45) is 12.8 Å². The molecule has 1 aromatic rings. The lowest BCUT2D eigenvalue weighted by atomic mass is 10.3. The molecule has 0 saturated carbocycles. The number of nitrogens with one attached hydrogen (secondary N) is 1. The minimum absolute atomic E-state index is 0.145. The number of aliphatic hydroxyl groups is 1. The van der Waals surface area contributed by atoms with E-state index < -0.39 is 12.0 Å². The summed E-state index contributed by atoms with van der Waals surface area (Å²) in [5.41, 5.74) is 5.72. The molecule has 0 saturated heterocycles. The number of hydrogen-bond acceptors (Lipinski definition) is 4. The van der Waals surface area contributed by atoms with Gasteiger partial charge in [-0.05, 0) is 6.07 Å². The van der Waals surface area contributed by atoms with E-state index in [9.17, 15) is 4.79 Å². The first kappa shape index (κ1) is 10.7. The zero-order valence-corrected chi connectivity index (χ0v) is 7.97. The molecule has 6 nitrogen and oxygen atoms in total. The average molecular weight is 198 g/mol. The molecule has 0 aliphatic carbocycles. The Morgan fingerprint density at radius 2 is 2.57 bits per heavy atom. The van der Waals surface area contributed by atoms with Crippen LogP contribution in [-0.2, 0) is 18.4 Å². The lowest BCUT2D eigenvalue weighted by Crippen LogP contribution is -2.37. The molecule has 1 amide bonds. The zero-order chi connectivity index (χ0) is 10.6. The molecule has 0 radical (unpaired) electrons. The van der Waals surface area contributed by atoms with Gasteiger partial charge in [0.1, 0.15) is 6.10 Å². The summed E-state index contributed by atoms with van der Waals surface area (Å²) in [6.45, 7) is 0.650. The molecule has 4 N–H and O–H groups in total. The summed E-state index contributed by atoms with van der Waals surface area (Å²) < 4.78 is 1.68. The predicted octanol–water partition coefficient (Wildman–Crippen LogP) is -1.64. The van der Waals surface area contributed by atoms with Crippen LogP contribution < -0.4 is 11.1 Å². The van der Waals surface area contributed by atoms with Crippen LogP contribution in [0, 0.1) is 0 Å². The third kappa shape index (κ3) is 3.15. The second-order valence-electron chi connectivity index (χ2n) is 3.03. The van der Waals surface area contributed by atoms with E-state index in [-0.39, 0.29) is 6.54 Å². The Balaban J connectivity index is 2.25. The van der Waals surface area contributed by atoms with Crippen LogP contribution in [0.3, 0.4) is 0 Å². The van der Waals surface area contributed by atoms with Crippen molar-refractivity contribution in [1.29, 1.82) is 0 Å². The second kappa shape index (κ2) is 4.73. The topological polar surface area (TPSA) is 93.2 Å². The molecule has 0 aliphatic rings. The average Bonchev–Trinajstić information content (AvgIpc) is 2.51. The van der Waals surface area contributed by atoms with Crippen molar-refractivity contribution >= 4 is 5.91 Å². The van der Waals surface area contributed by atoms with Crippen molar-refractivity contribution < 1.29 is 9.90 Å². The van der Waals surface area contributed by atoms with E-state index in [2.05, 4.69) is 10.4 Å². The van der Waals surface area contributed by atoms with Gasteiger partial charge in [-0.15, -0.1) is 0 Å². The van der Waals surface area contributed by atoms with E-state index in [1.54, 1.807) is 4.68 Å². The van der Waals surface area contributed by atoms with E-state index in [1.807, 2.05) is 19.3 Å². The molecule has 1 rings (SSSR count). The normalized spacial score (nSPS) is 12.7. The largest absolute Gasteiger partial charge is 0.382 e. The number of nitrogens with zero attached hydrogens (tertiary/aromatic N) is 2. The molecule has 1 heterocycles. The molecule has 0 spiro atoms. The minimum Gasteiger partial charge on any atom is -0.382 e. The first-order valence-corrected chi connectivity index (χ1v) is 4.26. The van der Waals surface area contributed by atoms with Gasteiger partial charge < -0.3 is 16.2 Å². The van der Waals surface area contributed by atoms with Crippen molar-refractivity contribution in [1.82, 2.24) is 15.1 Å². The Morgan fingerprint density at radius 1 is 1.86 bits per heavy atom. The Bertz CT molecular complexity index is 310. The fraction of sp³-hybridized carbons (Fsp3) is 0.500. The molecule has 1 unspecified atom stereocenters. The minimum atomic E-state index is -1.14. The number of hydrogen-bond donors (Lipinski definition) is 3. The molecule has 0 fully saturated rings. The first-order chi connectivity index (χ1) is 6.59. The van der Waals surface area contributed by atoms with Gasteiger partial charge >= 0.3 is 0 Å². The van der Waals surface area contributed by atoms with E-state index in [4.69, 9.17) is 10.8 Å². The highest BCUT2D eigenvalue weighted by Gasteiger charge is 2.09. The Morgan fingerprint density at radius 3 is 3.07 bits per heavy atom. The molecular formula is C8H14N4O2. The van der Waals surface area contributed by atoms with Gasteiger partial charge in [-0.2, -0.15) is 5.10 Å². The van der Waals surface area contributed by atoms with Gasteiger partial charge in [-0.3, -0.25) is 9.48 Å². The van der Waals surface area contributed by atoms with Crippen molar-refractivity contribution in [3.8, 4) is 0 Å². The van der Waals surface area contributed by atoms with Crippen LogP contribution in [0.1, 0.15) is 5.69 Å². The molecule has 0 bridgehead atoms. The fourth-order valence-corrected chi connectivity index (χ4v) is 0.995. The monoisotopic (exact) mass is 198 g/mol. The van der Waals surface area contributed by atoms with Crippen LogP contribution in [0.15, 0.2) is 12.3 Å². The number of amides is 1. The molecule has 1 atom stereocenters. The molecule has 78 valence electrons. The summed E-state index contributed by atoms with van der Waals surface area (Å²) in [4.78, 5) is 10.5. The van der Waals surface area contributed by atoms with Gasteiger partial charge in [-0.1, -0.05) is 0 Å². The summed E-state index contributed by atoms with van der Waals surface area (Å²) in [6.07, 6.45) is 0.681. The van der Waals surface area contributed by atoms with Gasteiger partial charge in [-0.25, -0.2) is 0 Å². The van der Waals surface area contributed by atoms with Crippen LogP contribution in [-0.4, -0.2) is 33.4 Å². The van der Waals surface area contributed by atoms with E-state index in [0.717, 1.165) is 5.69 Å². The maximum atomic E-state index is 10.5. The smallest absolute Gasteiger partial charge is 0.247 e. The summed E-state index contributed by atoms with van der Waals surface area (Å²) >= 11 is 0. The van der Waals surface area contributed by atoms with Gasteiger partial charge in [0.2, 0.25) is 5.91 Å². The molecule has 0 aromatic carbocycles. The van der Waals surface area contributed by atoms with Gasteiger partial charge in [0, 0.05) is 26.3 Å². The summed E-state index contributed by atoms with van der Waals surface area (Å²) in [6, 6.07) is 1.85. The standard InChI is InChI=1S/C8H14N4O2/c1-12-3-2-6(11-12)4-10-5-7(13)8(9)14/h2-3,7,10,13H,4-5H2,1H3,(H2,9,14). The number of primary amides is 1. The third-order valence-corrected chi connectivity index (χ3v) is 1.74. The zero-order valence-electron chi connectivity index (χ0n) is 7.97. The number of aliphatic hydroxyl groups excluding tert-OH is 1. The quantitative estimate of drug-likeness (QED) is 0.529. The number of aromatic nitrogens is 2. The molecule has 6 heteroatoms.